The number of likely N-dealkylation sites (N-methyl/N-ethyl adjacent to an activating group) is 1. The molecule has 0 saturated heterocycles. The van der Waals surface area contributed by atoms with Crippen molar-refractivity contribution in [3.05, 3.63) is 0 Å². The number of carbonyl (C=O) groups excluding carboxylic acids is 1. The summed E-state index contributed by atoms with van der Waals surface area (Å²) >= 11 is 0. The predicted molar refractivity (Wildman–Crippen MR) is 68.2 cm³/mol. The maximum absolute atomic E-state index is 11.3. The second kappa shape index (κ2) is 6.86. The molecule has 1 amide bonds. The minimum Gasteiger partial charge on any atom is -0.368 e. The summed E-state index contributed by atoms with van der Waals surface area (Å²) in [6.45, 7) is 8.23. The van der Waals surface area contributed by atoms with Crippen molar-refractivity contribution >= 4 is 5.91 Å². The van der Waals surface area contributed by atoms with E-state index in [1.165, 1.54) is 6.42 Å². The van der Waals surface area contributed by atoms with E-state index < -0.39 is 5.54 Å². The molecule has 0 aliphatic carbocycles. The Balaban J connectivity index is 3.98. The number of amides is 1. The Kier molecular flexibility index (Phi) is 6.60. The van der Waals surface area contributed by atoms with E-state index in [0.29, 0.717) is 5.92 Å². The molecule has 4 heteroatoms. The van der Waals surface area contributed by atoms with Gasteiger partial charge in [-0.1, -0.05) is 13.8 Å². The molecule has 0 fully saturated rings. The van der Waals surface area contributed by atoms with E-state index >= 15 is 0 Å². The highest BCUT2D eigenvalue weighted by Crippen LogP contribution is 2.09. The third kappa shape index (κ3) is 5.47. The average Bonchev–Trinajstić information content (AvgIpc) is 2.22. The molecule has 1 atom stereocenters. The zero-order valence-electron chi connectivity index (χ0n) is 11.3. The van der Waals surface area contributed by atoms with Crippen LogP contribution in [0.25, 0.3) is 0 Å². The van der Waals surface area contributed by atoms with Crippen LogP contribution in [-0.4, -0.2) is 43.5 Å². The number of primary amides is 1. The predicted octanol–water partition coefficient (Wildman–Crippen LogP) is 0.818. The van der Waals surface area contributed by atoms with Crippen molar-refractivity contribution in [2.24, 2.45) is 11.7 Å². The summed E-state index contributed by atoms with van der Waals surface area (Å²) in [5.74, 6) is 0.432. The highest BCUT2D eigenvalue weighted by atomic mass is 16.1. The lowest BCUT2D eigenvalue weighted by atomic mass is 9.97. The van der Waals surface area contributed by atoms with Gasteiger partial charge in [0, 0.05) is 6.54 Å². The van der Waals surface area contributed by atoms with Gasteiger partial charge >= 0.3 is 0 Å². The summed E-state index contributed by atoms with van der Waals surface area (Å²) in [5.41, 5.74) is 4.78. The van der Waals surface area contributed by atoms with Crippen LogP contribution in [0.15, 0.2) is 0 Å². The molecule has 0 aliphatic rings. The van der Waals surface area contributed by atoms with Gasteiger partial charge in [0.15, 0.2) is 0 Å². The van der Waals surface area contributed by atoms with Crippen molar-refractivity contribution in [3.8, 4) is 0 Å². The molecule has 0 saturated carbocycles. The van der Waals surface area contributed by atoms with Crippen molar-refractivity contribution in [2.75, 3.05) is 27.2 Å². The fourth-order valence-corrected chi connectivity index (χ4v) is 1.38. The SMILES string of the molecule is CNC(C)(CCN(C)CCC(C)C)C(N)=O. The van der Waals surface area contributed by atoms with Crippen molar-refractivity contribution in [2.45, 2.75) is 39.2 Å². The molecule has 0 aliphatic heterocycles. The van der Waals surface area contributed by atoms with Gasteiger partial charge in [-0.15, -0.1) is 0 Å². The van der Waals surface area contributed by atoms with Gasteiger partial charge in [0.1, 0.15) is 0 Å². The summed E-state index contributed by atoms with van der Waals surface area (Å²) in [6, 6.07) is 0. The smallest absolute Gasteiger partial charge is 0.237 e. The van der Waals surface area contributed by atoms with Crippen molar-refractivity contribution in [1.29, 1.82) is 0 Å². The monoisotopic (exact) mass is 229 g/mol. The minimum atomic E-state index is -0.591. The van der Waals surface area contributed by atoms with Crippen LogP contribution in [0.5, 0.6) is 0 Å². The van der Waals surface area contributed by atoms with Crippen LogP contribution < -0.4 is 11.1 Å². The van der Waals surface area contributed by atoms with Crippen LogP contribution in [0.2, 0.25) is 0 Å². The first-order valence-electron chi connectivity index (χ1n) is 5.99. The van der Waals surface area contributed by atoms with E-state index in [1.54, 1.807) is 7.05 Å². The summed E-state index contributed by atoms with van der Waals surface area (Å²) < 4.78 is 0. The molecule has 0 heterocycles. The van der Waals surface area contributed by atoms with Gasteiger partial charge in [0.05, 0.1) is 5.54 Å². The zero-order chi connectivity index (χ0) is 12.8. The van der Waals surface area contributed by atoms with Crippen molar-refractivity contribution in [3.63, 3.8) is 0 Å². The van der Waals surface area contributed by atoms with Gasteiger partial charge in [-0.2, -0.15) is 0 Å². The van der Waals surface area contributed by atoms with Crippen LogP contribution >= 0.6 is 0 Å². The van der Waals surface area contributed by atoms with E-state index in [1.807, 2.05) is 6.92 Å². The van der Waals surface area contributed by atoms with Gasteiger partial charge in [-0.3, -0.25) is 4.79 Å². The Bertz CT molecular complexity index is 218. The maximum Gasteiger partial charge on any atom is 0.237 e. The van der Waals surface area contributed by atoms with E-state index in [2.05, 4.69) is 31.1 Å². The Morgan fingerprint density at radius 1 is 1.44 bits per heavy atom. The second-order valence-corrected chi connectivity index (χ2v) is 5.18. The zero-order valence-corrected chi connectivity index (χ0v) is 11.3. The molecule has 96 valence electrons. The first-order valence-corrected chi connectivity index (χ1v) is 5.99. The Hall–Kier alpha value is -0.610. The third-order valence-corrected chi connectivity index (χ3v) is 3.18. The highest BCUT2D eigenvalue weighted by molar-refractivity contribution is 5.84. The van der Waals surface area contributed by atoms with E-state index in [0.717, 1.165) is 19.5 Å². The lowest BCUT2D eigenvalue weighted by Crippen LogP contribution is -2.53. The molecule has 0 aromatic rings. The molecule has 3 N–H and O–H groups in total. The summed E-state index contributed by atoms with van der Waals surface area (Å²) in [5, 5.41) is 3.00. The van der Waals surface area contributed by atoms with Crippen LogP contribution in [0.4, 0.5) is 0 Å². The normalized spacial score (nSPS) is 15.4. The fourth-order valence-electron chi connectivity index (χ4n) is 1.38. The van der Waals surface area contributed by atoms with E-state index in [9.17, 15) is 4.79 Å². The molecular formula is C12H27N3O. The molecule has 0 radical (unpaired) electrons. The second-order valence-electron chi connectivity index (χ2n) is 5.18. The maximum atomic E-state index is 11.3. The molecule has 16 heavy (non-hydrogen) atoms. The van der Waals surface area contributed by atoms with Gasteiger partial charge < -0.3 is 16.0 Å². The lowest BCUT2D eigenvalue weighted by molar-refractivity contribution is -0.124. The van der Waals surface area contributed by atoms with E-state index in [4.69, 9.17) is 5.73 Å². The largest absolute Gasteiger partial charge is 0.368 e. The third-order valence-electron chi connectivity index (χ3n) is 3.18. The summed E-state index contributed by atoms with van der Waals surface area (Å²) in [7, 11) is 3.86. The fraction of sp³-hybridized carbons (Fsp3) is 0.917. The van der Waals surface area contributed by atoms with Gasteiger partial charge in [-0.05, 0) is 46.3 Å². The average molecular weight is 229 g/mol. The van der Waals surface area contributed by atoms with Crippen molar-refractivity contribution < 1.29 is 4.79 Å². The molecule has 0 spiro atoms. The van der Waals surface area contributed by atoms with Gasteiger partial charge in [-0.25, -0.2) is 0 Å². The Morgan fingerprint density at radius 3 is 2.38 bits per heavy atom. The molecular weight excluding hydrogens is 202 g/mol. The van der Waals surface area contributed by atoms with Gasteiger partial charge in [0.2, 0.25) is 5.91 Å². The molecule has 0 aromatic heterocycles. The molecule has 1 unspecified atom stereocenters. The first kappa shape index (κ1) is 15.4. The van der Waals surface area contributed by atoms with Crippen LogP contribution in [0, 0.1) is 5.92 Å². The first-order chi connectivity index (χ1) is 7.31. The number of hydrogen-bond acceptors (Lipinski definition) is 3. The molecule has 4 nitrogen and oxygen atoms in total. The number of nitrogens with zero attached hydrogens (tertiary/aromatic N) is 1. The van der Waals surface area contributed by atoms with Gasteiger partial charge in [0.25, 0.3) is 0 Å². The van der Waals surface area contributed by atoms with Crippen LogP contribution in [0.1, 0.15) is 33.6 Å². The summed E-state index contributed by atoms with van der Waals surface area (Å²) in [6.07, 6.45) is 1.93. The topological polar surface area (TPSA) is 58.4 Å². The summed E-state index contributed by atoms with van der Waals surface area (Å²) in [4.78, 5) is 13.5. The lowest BCUT2D eigenvalue weighted by Gasteiger charge is -2.28. The minimum absolute atomic E-state index is 0.285. The Labute approximate surface area is 99.6 Å². The number of rotatable bonds is 8. The standard InChI is InChI=1S/C12H27N3O/c1-10(2)6-8-15(5)9-7-12(3,14-4)11(13)16/h10,14H,6-9H2,1-5H3,(H2,13,16). The quantitative estimate of drug-likeness (QED) is 0.648. The molecule has 0 aromatic carbocycles. The number of hydrogen-bond donors (Lipinski definition) is 2. The van der Waals surface area contributed by atoms with Crippen LogP contribution in [-0.2, 0) is 4.79 Å². The Morgan fingerprint density at radius 2 is 2.00 bits per heavy atom. The number of carbonyl (C=O) groups is 1. The highest BCUT2D eigenvalue weighted by Gasteiger charge is 2.28. The number of nitrogens with two attached hydrogens (primary N) is 1. The molecule has 0 rings (SSSR count). The molecule has 0 bridgehead atoms. The number of nitrogens with one attached hydrogen (secondary N) is 1. The van der Waals surface area contributed by atoms with Crippen molar-refractivity contribution in [1.82, 2.24) is 10.2 Å². The van der Waals surface area contributed by atoms with E-state index in [-0.39, 0.29) is 5.91 Å². The van der Waals surface area contributed by atoms with Crippen LogP contribution in [0.3, 0.4) is 0 Å².